The maximum absolute atomic E-state index is 12.8. The molecule has 2 amide bonds. The fraction of sp³-hybridized carbons (Fsp3) is 0.417. The van der Waals surface area contributed by atoms with E-state index in [0.717, 1.165) is 10.3 Å². The highest BCUT2D eigenvalue weighted by atomic mass is 32.2. The quantitative estimate of drug-likeness (QED) is 0.101. The molecule has 184 valence electrons. The maximum atomic E-state index is 12.8. The van der Waals surface area contributed by atoms with Crippen molar-refractivity contribution >= 4 is 41.8 Å². The van der Waals surface area contributed by atoms with E-state index in [-0.39, 0.29) is 5.92 Å². The molecule has 1 aromatic heterocycles. The number of carbonyl (C=O) groups excluding carboxylic acids is 3. The Bertz CT molecular complexity index is 940. The standard InChI is InChI=1S/C24H31N3O5S2/c1-17(2)14-21(26-23(29)20(25-16-28)11-13-33-3)24(30)32-19-9-7-18(8-10-19)15-34-22-6-4-5-12-27(22)31/h4-10,12,16-17,20-21H,11,13-15H2,1-3H3,(H,25,28)(H,26,29)/t20-,21-/m0/s1. The molecule has 0 saturated heterocycles. The average Bonchev–Trinajstić information content (AvgIpc) is 2.81. The zero-order chi connectivity index (χ0) is 24.9. The summed E-state index contributed by atoms with van der Waals surface area (Å²) in [6.07, 6.45) is 4.73. The van der Waals surface area contributed by atoms with Crippen molar-refractivity contribution in [3.63, 3.8) is 0 Å². The molecule has 2 atom stereocenters. The lowest BCUT2D eigenvalue weighted by molar-refractivity contribution is -0.645. The molecular weight excluding hydrogens is 474 g/mol. The highest BCUT2D eigenvalue weighted by molar-refractivity contribution is 7.98. The molecule has 1 heterocycles. The van der Waals surface area contributed by atoms with Crippen LogP contribution < -0.4 is 20.1 Å². The van der Waals surface area contributed by atoms with Crippen LogP contribution in [0.2, 0.25) is 0 Å². The minimum absolute atomic E-state index is 0.141. The molecule has 0 aliphatic carbocycles. The Kier molecular flexibility index (Phi) is 11.8. The highest BCUT2D eigenvalue weighted by Crippen LogP contribution is 2.22. The van der Waals surface area contributed by atoms with Crippen molar-refractivity contribution in [3.05, 3.63) is 59.4 Å². The Hall–Kier alpha value is -2.72. The van der Waals surface area contributed by atoms with Crippen LogP contribution in [0, 0.1) is 11.1 Å². The summed E-state index contributed by atoms with van der Waals surface area (Å²) in [6.45, 7) is 3.90. The zero-order valence-electron chi connectivity index (χ0n) is 19.6. The van der Waals surface area contributed by atoms with Crippen LogP contribution in [0.1, 0.15) is 32.3 Å². The number of nitrogens with one attached hydrogen (secondary N) is 2. The van der Waals surface area contributed by atoms with Gasteiger partial charge < -0.3 is 20.6 Å². The minimum Gasteiger partial charge on any atom is -0.618 e. The van der Waals surface area contributed by atoms with Crippen LogP contribution >= 0.6 is 23.5 Å². The number of rotatable bonds is 14. The first kappa shape index (κ1) is 27.5. The van der Waals surface area contributed by atoms with E-state index in [0.29, 0.717) is 41.5 Å². The number of ether oxygens (including phenoxy) is 1. The van der Waals surface area contributed by atoms with Crippen molar-refractivity contribution in [2.24, 2.45) is 5.92 Å². The van der Waals surface area contributed by atoms with Gasteiger partial charge in [0.2, 0.25) is 12.3 Å². The van der Waals surface area contributed by atoms with Crippen LogP contribution in [0.15, 0.2) is 53.7 Å². The zero-order valence-corrected chi connectivity index (χ0v) is 21.2. The Morgan fingerprint density at radius 3 is 2.50 bits per heavy atom. The number of hydrogen-bond donors (Lipinski definition) is 2. The summed E-state index contributed by atoms with van der Waals surface area (Å²) in [6, 6.07) is 10.7. The highest BCUT2D eigenvalue weighted by Gasteiger charge is 2.27. The molecule has 0 saturated carbocycles. The average molecular weight is 506 g/mol. The molecule has 34 heavy (non-hydrogen) atoms. The third kappa shape index (κ3) is 9.26. The molecule has 0 unspecified atom stereocenters. The summed E-state index contributed by atoms with van der Waals surface area (Å²) in [5.74, 6) is 0.825. The van der Waals surface area contributed by atoms with Gasteiger partial charge >= 0.3 is 5.97 Å². The van der Waals surface area contributed by atoms with Gasteiger partial charge in [0.25, 0.3) is 5.03 Å². The number of nitrogens with zero attached hydrogens (tertiary/aromatic N) is 1. The first-order chi connectivity index (χ1) is 16.3. The molecule has 0 radical (unpaired) electrons. The Balaban J connectivity index is 1.99. The summed E-state index contributed by atoms with van der Waals surface area (Å²) in [4.78, 5) is 36.4. The van der Waals surface area contributed by atoms with Crippen LogP contribution in [0.3, 0.4) is 0 Å². The summed E-state index contributed by atoms with van der Waals surface area (Å²) >= 11 is 2.98. The third-order valence-corrected chi connectivity index (χ3v) is 6.55. The van der Waals surface area contributed by atoms with Gasteiger partial charge in [0.15, 0.2) is 6.20 Å². The van der Waals surface area contributed by atoms with E-state index in [4.69, 9.17) is 4.74 Å². The lowest BCUT2D eigenvalue weighted by Gasteiger charge is -2.22. The largest absolute Gasteiger partial charge is 0.618 e. The predicted octanol–water partition coefficient (Wildman–Crippen LogP) is 2.92. The lowest BCUT2D eigenvalue weighted by Crippen LogP contribution is -2.51. The molecule has 2 rings (SSSR count). The Morgan fingerprint density at radius 2 is 1.88 bits per heavy atom. The first-order valence-electron chi connectivity index (χ1n) is 10.9. The number of aromatic nitrogens is 1. The number of amides is 2. The van der Waals surface area contributed by atoms with E-state index < -0.39 is 24.0 Å². The number of hydrogen-bond acceptors (Lipinski definition) is 7. The minimum atomic E-state index is -0.835. The van der Waals surface area contributed by atoms with Crippen LogP contribution in [0.5, 0.6) is 5.75 Å². The smallest absolute Gasteiger partial charge is 0.334 e. The lowest BCUT2D eigenvalue weighted by atomic mass is 10.0. The van der Waals surface area contributed by atoms with E-state index in [9.17, 15) is 19.6 Å². The van der Waals surface area contributed by atoms with Crippen molar-refractivity contribution in [3.8, 4) is 5.75 Å². The van der Waals surface area contributed by atoms with Crippen LogP contribution in [0.4, 0.5) is 0 Å². The van der Waals surface area contributed by atoms with Crippen molar-refractivity contribution in [2.45, 2.75) is 49.6 Å². The fourth-order valence-electron chi connectivity index (χ4n) is 3.09. The molecule has 0 aliphatic heterocycles. The Morgan fingerprint density at radius 1 is 1.15 bits per heavy atom. The van der Waals surface area contributed by atoms with Gasteiger partial charge in [0.1, 0.15) is 17.8 Å². The summed E-state index contributed by atoms with van der Waals surface area (Å²) in [7, 11) is 0. The van der Waals surface area contributed by atoms with Gasteiger partial charge in [-0.15, -0.1) is 0 Å². The third-order valence-electron chi connectivity index (χ3n) is 4.82. The number of pyridine rings is 1. The van der Waals surface area contributed by atoms with E-state index in [1.807, 2.05) is 38.3 Å². The fourth-order valence-corrected chi connectivity index (χ4v) is 4.43. The molecule has 1 aromatic carbocycles. The van der Waals surface area contributed by atoms with Crippen molar-refractivity contribution in [1.82, 2.24) is 10.6 Å². The monoisotopic (exact) mass is 505 g/mol. The van der Waals surface area contributed by atoms with Crippen molar-refractivity contribution < 1.29 is 23.9 Å². The van der Waals surface area contributed by atoms with Gasteiger partial charge in [-0.2, -0.15) is 16.5 Å². The topological polar surface area (TPSA) is 111 Å². The Labute approximate surface area is 208 Å². The normalized spacial score (nSPS) is 12.6. The molecule has 0 fully saturated rings. The SMILES string of the molecule is CSCC[C@H](NC=O)C(=O)N[C@@H](CC(C)C)C(=O)Oc1ccc(CSc2cccc[n+]2[O-])cc1. The van der Waals surface area contributed by atoms with Crippen LogP contribution in [-0.4, -0.2) is 42.4 Å². The molecular formula is C24H31N3O5S2. The second-order valence-corrected chi connectivity index (χ2v) is 10.0. The van der Waals surface area contributed by atoms with Crippen molar-refractivity contribution in [1.29, 1.82) is 0 Å². The molecule has 10 heteroatoms. The summed E-state index contributed by atoms with van der Waals surface area (Å²) < 4.78 is 6.35. The molecule has 8 nitrogen and oxygen atoms in total. The van der Waals surface area contributed by atoms with E-state index >= 15 is 0 Å². The second kappa shape index (κ2) is 14.5. The number of carbonyl (C=O) groups is 3. The second-order valence-electron chi connectivity index (χ2n) is 8.03. The summed E-state index contributed by atoms with van der Waals surface area (Å²) in [5, 5.41) is 17.6. The van der Waals surface area contributed by atoms with Gasteiger partial charge in [-0.25, -0.2) is 4.79 Å². The van der Waals surface area contributed by atoms with Crippen LogP contribution in [-0.2, 0) is 20.1 Å². The van der Waals surface area contributed by atoms with Gasteiger partial charge in [0.05, 0.1) is 0 Å². The first-order valence-corrected chi connectivity index (χ1v) is 13.3. The van der Waals surface area contributed by atoms with Gasteiger partial charge in [-0.1, -0.05) is 37.7 Å². The van der Waals surface area contributed by atoms with Gasteiger partial charge in [-0.3, -0.25) is 9.59 Å². The summed E-state index contributed by atoms with van der Waals surface area (Å²) in [5.41, 5.74) is 0.970. The molecule has 2 N–H and O–H groups in total. The van der Waals surface area contributed by atoms with Gasteiger partial charge in [-0.05, 0) is 54.5 Å². The van der Waals surface area contributed by atoms with Gasteiger partial charge in [0, 0.05) is 17.9 Å². The number of esters is 1. The predicted molar refractivity (Wildman–Crippen MR) is 134 cm³/mol. The molecule has 2 aromatic rings. The maximum Gasteiger partial charge on any atom is 0.334 e. The van der Waals surface area contributed by atoms with E-state index in [2.05, 4.69) is 10.6 Å². The van der Waals surface area contributed by atoms with Crippen molar-refractivity contribution in [2.75, 3.05) is 12.0 Å². The molecule has 0 bridgehead atoms. The van der Waals surface area contributed by atoms with E-state index in [1.54, 1.807) is 36.0 Å². The number of thioether (sulfide) groups is 2. The molecule has 0 aliphatic rings. The van der Waals surface area contributed by atoms with Crippen LogP contribution in [0.25, 0.3) is 0 Å². The number of benzene rings is 1. The van der Waals surface area contributed by atoms with E-state index in [1.165, 1.54) is 18.0 Å². The molecule has 0 spiro atoms.